The van der Waals surface area contributed by atoms with E-state index in [9.17, 15) is 13.2 Å². The van der Waals surface area contributed by atoms with Crippen molar-refractivity contribution in [1.82, 2.24) is 5.32 Å². The Bertz CT molecular complexity index is 745. The number of nitrogens with zero attached hydrogens (tertiary/aromatic N) is 1. The van der Waals surface area contributed by atoms with Crippen LogP contribution in [-0.2, 0) is 14.8 Å². The minimum absolute atomic E-state index is 0.117. The molecule has 2 fully saturated rings. The van der Waals surface area contributed by atoms with Crippen LogP contribution in [0.3, 0.4) is 0 Å². The normalized spacial score (nSPS) is 20.7. The molecule has 0 bridgehead atoms. The third kappa shape index (κ3) is 4.55. The van der Waals surface area contributed by atoms with Crippen LogP contribution in [0.2, 0.25) is 0 Å². The van der Waals surface area contributed by atoms with Gasteiger partial charge in [0.2, 0.25) is 10.0 Å². The minimum Gasteiger partial charge on any atom is -0.370 e. The Labute approximate surface area is 155 Å². The minimum atomic E-state index is -3.24. The van der Waals surface area contributed by atoms with Gasteiger partial charge in [0.05, 0.1) is 37.7 Å². The molecule has 0 aliphatic carbocycles. The van der Waals surface area contributed by atoms with Gasteiger partial charge in [-0.2, -0.15) is 0 Å². The van der Waals surface area contributed by atoms with E-state index in [-0.39, 0.29) is 11.7 Å². The number of carbonyl (C=O) groups is 1. The smallest absolute Gasteiger partial charge is 0.251 e. The summed E-state index contributed by atoms with van der Waals surface area (Å²) in [4.78, 5) is 13.8. The van der Waals surface area contributed by atoms with E-state index in [2.05, 4.69) is 5.32 Å². The number of rotatable bonds is 5. The number of quaternary nitrogens is 1. The molecule has 0 saturated carbocycles. The fourth-order valence-electron chi connectivity index (χ4n) is 3.50. The van der Waals surface area contributed by atoms with E-state index in [1.165, 1.54) is 9.21 Å². The summed E-state index contributed by atoms with van der Waals surface area (Å²) in [6.07, 6.45) is 1.58. The Morgan fingerprint density at radius 1 is 1.27 bits per heavy atom. The van der Waals surface area contributed by atoms with Crippen LogP contribution in [0, 0.1) is 6.92 Å². The lowest BCUT2D eigenvalue weighted by Crippen LogP contribution is -3.14. The fourth-order valence-corrected chi connectivity index (χ4v) is 5.20. The third-order valence-electron chi connectivity index (χ3n) is 5.04. The van der Waals surface area contributed by atoms with Crippen molar-refractivity contribution >= 4 is 21.6 Å². The third-order valence-corrected chi connectivity index (χ3v) is 6.90. The van der Waals surface area contributed by atoms with Gasteiger partial charge in [-0.1, -0.05) is 0 Å². The van der Waals surface area contributed by atoms with Crippen molar-refractivity contribution in [3.05, 3.63) is 29.3 Å². The van der Waals surface area contributed by atoms with Crippen LogP contribution in [0.25, 0.3) is 0 Å². The second-order valence-electron chi connectivity index (χ2n) is 6.96. The highest BCUT2D eigenvalue weighted by atomic mass is 32.2. The zero-order valence-electron chi connectivity index (χ0n) is 15.3. The molecule has 26 heavy (non-hydrogen) atoms. The Kier molecular flexibility index (Phi) is 6.16. The van der Waals surface area contributed by atoms with E-state index in [1.807, 2.05) is 6.92 Å². The Hall–Kier alpha value is -1.64. The van der Waals surface area contributed by atoms with Gasteiger partial charge in [0.15, 0.2) is 0 Å². The Morgan fingerprint density at radius 3 is 2.73 bits per heavy atom. The number of morpholine rings is 1. The van der Waals surface area contributed by atoms with Crippen molar-refractivity contribution in [3.63, 3.8) is 0 Å². The van der Waals surface area contributed by atoms with Crippen molar-refractivity contribution in [3.8, 4) is 0 Å². The van der Waals surface area contributed by atoms with Crippen molar-refractivity contribution in [2.45, 2.75) is 19.8 Å². The zero-order chi connectivity index (χ0) is 18.6. The number of ether oxygens (including phenoxy) is 1. The average Bonchev–Trinajstić information content (AvgIpc) is 2.62. The number of sulfonamides is 1. The molecule has 2 N–H and O–H groups in total. The molecule has 2 aliphatic rings. The number of hydrogen-bond donors (Lipinski definition) is 2. The fraction of sp³-hybridized carbons (Fsp3) is 0.611. The molecule has 3 rings (SSSR count). The number of amides is 1. The van der Waals surface area contributed by atoms with Gasteiger partial charge in [0.1, 0.15) is 13.1 Å². The van der Waals surface area contributed by atoms with Crippen molar-refractivity contribution < 1.29 is 22.8 Å². The number of carbonyl (C=O) groups excluding carboxylic acids is 1. The molecule has 7 nitrogen and oxygen atoms in total. The lowest BCUT2D eigenvalue weighted by molar-refractivity contribution is -0.906. The summed E-state index contributed by atoms with van der Waals surface area (Å²) in [5.74, 6) is 0.0762. The van der Waals surface area contributed by atoms with Gasteiger partial charge in [-0.15, -0.1) is 0 Å². The number of anilines is 1. The maximum absolute atomic E-state index is 12.4. The van der Waals surface area contributed by atoms with Gasteiger partial charge in [0, 0.05) is 12.1 Å². The van der Waals surface area contributed by atoms with Crippen molar-refractivity contribution in [2.75, 3.05) is 56.0 Å². The first-order valence-corrected chi connectivity index (χ1v) is 10.9. The number of benzene rings is 1. The molecule has 2 aliphatic heterocycles. The van der Waals surface area contributed by atoms with E-state index >= 15 is 0 Å². The molecule has 0 radical (unpaired) electrons. The lowest BCUT2D eigenvalue weighted by Gasteiger charge is -2.29. The van der Waals surface area contributed by atoms with Crippen molar-refractivity contribution in [2.24, 2.45) is 0 Å². The molecule has 0 unspecified atom stereocenters. The van der Waals surface area contributed by atoms with Gasteiger partial charge in [0.25, 0.3) is 5.91 Å². The number of hydrogen-bond acceptors (Lipinski definition) is 4. The van der Waals surface area contributed by atoms with Gasteiger partial charge in [-0.3, -0.25) is 9.10 Å². The average molecular weight is 383 g/mol. The largest absolute Gasteiger partial charge is 0.370 e. The quantitative estimate of drug-likeness (QED) is 0.724. The molecule has 2 saturated heterocycles. The summed E-state index contributed by atoms with van der Waals surface area (Å²) >= 11 is 0. The number of nitrogens with one attached hydrogen (secondary N) is 2. The summed E-state index contributed by atoms with van der Waals surface area (Å²) < 4.78 is 31.4. The van der Waals surface area contributed by atoms with E-state index in [0.717, 1.165) is 44.8 Å². The predicted molar refractivity (Wildman–Crippen MR) is 100 cm³/mol. The standard InChI is InChI=1S/C18H27N3O4S/c1-15-14-16(18(22)19-6-8-20-9-11-25-12-10-20)4-5-17(15)21-7-2-3-13-26(21,23)24/h4-5,14H,2-3,6-13H2,1H3,(H,19,22)/p+1. The van der Waals surface area contributed by atoms with Crippen LogP contribution in [0.4, 0.5) is 5.69 Å². The first-order chi connectivity index (χ1) is 12.5. The molecule has 144 valence electrons. The van der Waals surface area contributed by atoms with Crippen LogP contribution in [0.15, 0.2) is 18.2 Å². The second kappa shape index (κ2) is 8.37. The first kappa shape index (κ1) is 19.1. The van der Waals surface area contributed by atoms with Crippen LogP contribution >= 0.6 is 0 Å². The van der Waals surface area contributed by atoms with E-state index < -0.39 is 10.0 Å². The van der Waals surface area contributed by atoms with Gasteiger partial charge >= 0.3 is 0 Å². The first-order valence-electron chi connectivity index (χ1n) is 9.28. The van der Waals surface area contributed by atoms with Gasteiger partial charge in [-0.05, 0) is 43.5 Å². The molecule has 1 aromatic rings. The molecule has 8 heteroatoms. The predicted octanol–water partition coefficient (Wildman–Crippen LogP) is -0.430. The van der Waals surface area contributed by atoms with Crippen LogP contribution in [-0.4, -0.2) is 66.0 Å². The summed E-state index contributed by atoms with van der Waals surface area (Å²) in [7, 11) is -3.24. The number of aryl methyl sites for hydroxylation is 1. The van der Waals surface area contributed by atoms with Gasteiger partial charge in [-0.25, -0.2) is 8.42 Å². The Balaban J connectivity index is 1.60. The van der Waals surface area contributed by atoms with Crippen LogP contribution < -0.4 is 14.5 Å². The summed E-state index contributed by atoms with van der Waals surface area (Å²) in [6, 6.07) is 5.24. The highest BCUT2D eigenvalue weighted by molar-refractivity contribution is 7.92. The van der Waals surface area contributed by atoms with E-state index in [1.54, 1.807) is 18.2 Å². The molecule has 0 spiro atoms. The molecule has 0 aromatic heterocycles. The van der Waals surface area contributed by atoms with E-state index in [0.29, 0.717) is 30.8 Å². The summed E-state index contributed by atoms with van der Waals surface area (Å²) in [5.41, 5.74) is 2.05. The molecule has 2 heterocycles. The van der Waals surface area contributed by atoms with Gasteiger partial charge < -0.3 is 15.0 Å². The van der Waals surface area contributed by atoms with Crippen LogP contribution in [0.1, 0.15) is 28.8 Å². The Morgan fingerprint density at radius 2 is 2.04 bits per heavy atom. The zero-order valence-corrected chi connectivity index (χ0v) is 16.1. The topological polar surface area (TPSA) is 80.2 Å². The summed E-state index contributed by atoms with van der Waals surface area (Å²) in [6.45, 7) is 7.40. The monoisotopic (exact) mass is 382 g/mol. The maximum atomic E-state index is 12.4. The molecular formula is C18H28N3O4S+. The molecule has 0 atom stereocenters. The summed E-state index contributed by atoms with van der Waals surface area (Å²) in [5, 5.41) is 2.96. The lowest BCUT2D eigenvalue weighted by atomic mass is 10.1. The molecular weight excluding hydrogens is 354 g/mol. The maximum Gasteiger partial charge on any atom is 0.251 e. The second-order valence-corrected chi connectivity index (χ2v) is 8.98. The van der Waals surface area contributed by atoms with Crippen LogP contribution in [0.5, 0.6) is 0 Å². The molecule has 1 amide bonds. The molecule has 1 aromatic carbocycles. The highest BCUT2D eigenvalue weighted by Gasteiger charge is 2.27. The van der Waals surface area contributed by atoms with Crippen molar-refractivity contribution in [1.29, 1.82) is 0 Å². The highest BCUT2D eigenvalue weighted by Crippen LogP contribution is 2.27. The SMILES string of the molecule is Cc1cc(C(=O)NCC[NH+]2CCOCC2)ccc1N1CCCCS1(=O)=O. The van der Waals surface area contributed by atoms with E-state index in [4.69, 9.17) is 4.74 Å².